The number of unbranched alkanes of at least 4 members (excludes halogenated alkanes) is 2. The number of allylic oxidation sites excluding steroid dienone is 1. The predicted molar refractivity (Wildman–Crippen MR) is 154 cm³/mol. The van der Waals surface area contributed by atoms with E-state index in [9.17, 15) is 4.79 Å². The Morgan fingerprint density at radius 1 is 1.03 bits per heavy atom. The van der Waals surface area contributed by atoms with Gasteiger partial charge in [0.2, 0.25) is 0 Å². The van der Waals surface area contributed by atoms with Gasteiger partial charge in [0.15, 0.2) is 5.78 Å². The lowest BCUT2D eigenvalue weighted by Crippen LogP contribution is -2.09. The number of hydrogen-bond acceptors (Lipinski definition) is 3. The normalized spacial score (nSPS) is 14.3. The minimum Gasteiger partial charge on any atom is -0.294 e. The Balaban J connectivity index is 0.000000551. The number of nitrogens with zero attached hydrogens (tertiary/aromatic N) is 2. The lowest BCUT2D eigenvalue weighted by Gasteiger charge is -2.17. The zero-order valence-corrected chi connectivity index (χ0v) is 22.2. The van der Waals surface area contributed by atoms with Crippen LogP contribution in [0.15, 0.2) is 74.0 Å². The highest BCUT2D eigenvalue weighted by Crippen LogP contribution is 2.51. The molecule has 0 spiro atoms. The number of Topliss-reactive ketones (excluding diaryl/α,β-unsaturated/α-hetero) is 1. The summed E-state index contributed by atoms with van der Waals surface area (Å²) in [5.41, 5.74) is 9.30. The quantitative estimate of drug-likeness (QED) is 0.219. The van der Waals surface area contributed by atoms with Crippen LogP contribution in [0.3, 0.4) is 0 Å². The third kappa shape index (κ3) is 6.28. The van der Waals surface area contributed by atoms with Gasteiger partial charge in [-0.1, -0.05) is 64.0 Å². The molecule has 3 heteroatoms. The highest BCUT2D eigenvalue weighted by atomic mass is 16.1. The molecule has 2 aromatic carbocycles. The fourth-order valence-corrected chi connectivity index (χ4v) is 4.91. The van der Waals surface area contributed by atoms with Crippen LogP contribution >= 0.6 is 0 Å². The number of ketones is 1. The van der Waals surface area contributed by atoms with Crippen LogP contribution in [-0.4, -0.2) is 11.5 Å². The van der Waals surface area contributed by atoms with E-state index in [1.54, 1.807) is 6.20 Å². The molecule has 35 heavy (non-hydrogen) atoms. The van der Waals surface area contributed by atoms with Crippen molar-refractivity contribution in [2.45, 2.75) is 78.6 Å². The van der Waals surface area contributed by atoms with Crippen LogP contribution in [0.2, 0.25) is 0 Å². The number of hydrogen-bond donors (Lipinski definition) is 0. The molecule has 1 atom stereocenters. The molecule has 186 valence electrons. The summed E-state index contributed by atoms with van der Waals surface area (Å²) in [5, 5.41) is 6.38. The van der Waals surface area contributed by atoms with Crippen molar-refractivity contribution in [2.75, 3.05) is 5.01 Å². The summed E-state index contributed by atoms with van der Waals surface area (Å²) in [6.07, 6.45) is 11.3. The monoisotopic (exact) mass is 470 g/mol. The van der Waals surface area contributed by atoms with Crippen LogP contribution in [0, 0.1) is 0 Å². The van der Waals surface area contributed by atoms with Gasteiger partial charge in [-0.3, -0.25) is 4.79 Å². The maximum absolute atomic E-state index is 12.3. The van der Waals surface area contributed by atoms with E-state index in [0.29, 0.717) is 12.3 Å². The molecular weight excluding hydrogens is 428 g/mol. The number of carbonyl (C=O) groups is 1. The standard InChI is InChI=1S/C25H26N2O.C5H12.C2H4/c1-5-7-8-18-19-10-9-17(27(6-2)26-16(3)4)15-23(19)25-21(18)12-11-20-22(25)13-14-24(20)28;1-3-5-4-2;1-2/h5-6,9-12,15,18H,1-2,7-8,13-14H2,3-4H3;3-5H2,1-2H3;1-2H2. The SMILES string of the molecule is C=C.C=CCCC1c2ccc(N(C=C)N=C(C)C)cc2-c2c1ccc1c2CCC1=O.CCCCC. The Labute approximate surface area is 213 Å². The number of carbonyl (C=O) groups excluding carboxylic acids is 1. The van der Waals surface area contributed by atoms with Crippen molar-refractivity contribution in [1.82, 2.24) is 0 Å². The van der Waals surface area contributed by atoms with Gasteiger partial charge in [-0.15, -0.1) is 19.7 Å². The predicted octanol–water partition coefficient (Wildman–Crippen LogP) is 9.24. The van der Waals surface area contributed by atoms with Gasteiger partial charge in [0.1, 0.15) is 0 Å². The van der Waals surface area contributed by atoms with Crippen LogP contribution in [0.1, 0.15) is 99.2 Å². The van der Waals surface area contributed by atoms with E-state index in [1.807, 2.05) is 31.0 Å². The first-order valence-corrected chi connectivity index (χ1v) is 12.8. The minimum absolute atomic E-state index is 0.268. The molecule has 0 N–H and O–H groups in total. The highest BCUT2D eigenvalue weighted by molar-refractivity contribution is 6.04. The number of hydrazone groups is 1. The number of benzene rings is 2. The first-order chi connectivity index (χ1) is 17.0. The Morgan fingerprint density at radius 3 is 2.29 bits per heavy atom. The number of fused-ring (bicyclic) bond motifs is 5. The van der Waals surface area contributed by atoms with Gasteiger partial charge in [0.25, 0.3) is 0 Å². The van der Waals surface area contributed by atoms with E-state index in [4.69, 9.17) is 0 Å². The topological polar surface area (TPSA) is 32.7 Å². The Morgan fingerprint density at radius 2 is 1.71 bits per heavy atom. The summed E-state index contributed by atoms with van der Waals surface area (Å²) < 4.78 is 0. The molecule has 2 aromatic rings. The van der Waals surface area contributed by atoms with Gasteiger partial charge >= 0.3 is 0 Å². The molecule has 0 heterocycles. The molecule has 4 rings (SSSR count). The fraction of sp³-hybridized carbons (Fsp3) is 0.375. The van der Waals surface area contributed by atoms with Crippen molar-refractivity contribution in [3.63, 3.8) is 0 Å². The molecule has 0 bridgehead atoms. The van der Waals surface area contributed by atoms with Crippen molar-refractivity contribution < 1.29 is 4.79 Å². The van der Waals surface area contributed by atoms with Crippen LogP contribution in [0.25, 0.3) is 11.1 Å². The second kappa shape index (κ2) is 13.6. The van der Waals surface area contributed by atoms with Crippen molar-refractivity contribution >= 4 is 17.2 Å². The zero-order chi connectivity index (χ0) is 26.0. The van der Waals surface area contributed by atoms with Crippen molar-refractivity contribution in [3.05, 3.63) is 91.2 Å². The third-order valence-corrected chi connectivity index (χ3v) is 6.42. The molecule has 1 unspecified atom stereocenters. The van der Waals surface area contributed by atoms with Gasteiger partial charge in [0, 0.05) is 29.8 Å². The second-order valence-corrected chi connectivity index (χ2v) is 9.10. The average molecular weight is 471 g/mol. The van der Waals surface area contributed by atoms with E-state index in [2.05, 4.69) is 69.5 Å². The molecule has 0 saturated carbocycles. The maximum Gasteiger partial charge on any atom is 0.163 e. The number of rotatable bonds is 8. The van der Waals surface area contributed by atoms with Crippen molar-refractivity contribution in [1.29, 1.82) is 0 Å². The van der Waals surface area contributed by atoms with E-state index >= 15 is 0 Å². The van der Waals surface area contributed by atoms with E-state index < -0.39 is 0 Å². The molecule has 3 nitrogen and oxygen atoms in total. The largest absolute Gasteiger partial charge is 0.294 e. The summed E-state index contributed by atoms with van der Waals surface area (Å²) in [6, 6.07) is 10.8. The molecule has 0 radical (unpaired) electrons. The first-order valence-electron chi connectivity index (χ1n) is 12.8. The van der Waals surface area contributed by atoms with Crippen molar-refractivity contribution in [2.24, 2.45) is 5.10 Å². The maximum atomic E-state index is 12.3. The number of anilines is 1. The molecule has 0 aromatic heterocycles. The lowest BCUT2D eigenvalue weighted by molar-refractivity contribution is 0.0994. The van der Waals surface area contributed by atoms with Gasteiger partial charge in [-0.05, 0) is 73.1 Å². The molecule has 0 amide bonds. The van der Waals surface area contributed by atoms with Gasteiger partial charge < -0.3 is 0 Å². The second-order valence-electron chi connectivity index (χ2n) is 9.10. The summed E-state index contributed by atoms with van der Waals surface area (Å²) >= 11 is 0. The van der Waals surface area contributed by atoms with E-state index in [-0.39, 0.29) is 5.78 Å². The Bertz CT molecular complexity index is 1070. The third-order valence-electron chi connectivity index (χ3n) is 6.42. The lowest BCUT2D eigenvalue weighted by atomic mass is 9.91. The molecule has 0 saturated heterocycles. The van der Waals surface area contributed by atoms with Gasteiger partial charge in [-0.2, -0.15) is 5.10 Å². The van der Waals surface area contributed by atoms with Crippen LogP contribution in [0.4, 0.5) is 5.69 Å². The first kappa shape index (κ1) is 28.0. The fourth-order valence-electron chi connectivity index (χ4n) is 4.91. The van der Waals surface area contributed by atoms with E-state index in [0.717, 1.165) is 36.2 Å². The highest BCUT2D eigenvalue weighted by Gasteiger charge is 2.34. The molecular formula is C32H42N2O. The van der Waals surface area contributed by atoms with Crippen molar-refractivity contribution in [3.8, 4) is 11.1 Å². The van der Waals surface area contributed by atoms with E-state index in [1.165, 1.54) is 47.1 Å². The van der Waals surface area contributed by atoms with Gasteiger partial charge in [-0.25, -0.2) is 5.01 Å². The summed E-state index contributed by atoms with van der Waals surface area (Å²) in [4.78, 5) is 12.3. The molecule has 2 aliphatic carbocycles. The zero-order valence-electron chi connectivity index (χ0n) is 22.2. The van der Waals surface area contributed by atoms with Crippen LogP contribution in [0.5, 0.6) is 0 Å². The summed E-state index contributed by atoms with van der Waals surface area (Å²) in [6.45, 7) is 22.2. The minimum atomic E-state index is 0.268. The summed E-state index contributed by atoms with van der Waals surface area (Å²) in [5.74, 6) is 0.621. The van der Waals surface area contributed by atoms with Crippen LogP contribution in [-0.2, 0) is 6.42 Å². The average Bonchev–Trinajstić information content (AvgIpc) is 3.40. The smallest absolute Gasteiger partial charge is 0.163 e. The summed E-state index contributed by atoms with van der Waals surface area (Å²) in [7, 11) is 0. The van der Waals surface area contributed by atoms with Crippen LogP contribution < -0.4 is 5.01 Å². The molecule has 0 fully saturated rings. The van der Waals surface area contributed by atoms with Gasteiger partial charge in [0.05, 0.1) is 5.69 Å². The Hall–Kier alpha value is -3.20. The molecule has 2 aliphatic rings. The Kier molecular flexibility index (Phi) is 10.9. The molecule has 0 aliphatic heterocycles.